The molecule has 2 heterocycles. The van der Waals surface area contributed by atoms with Gasteiger partial charge in [-0.2, -0.15) is 0 Å². The van der Waals surface area contributed by atoms with Gasteiger partial charge in [-0.25, -0.2) is 0 Å². The molecule has 0 saturated carbocycles. The molecule has 1 unspecified atom stereocenters. The summed E-state index contributed by atoms with van der Waals surface area (Å²) >= 11 is 0. The van der Waals surface area contributed by atoms with E-state index in [1.807, 2.05) is 0 Å². The molecule has 0 aliphatic heterocycles. The van der Waals surface area contributed by atoms with Crippen LogP contribution in [0.15, 0.2) is 45.6 Å². The van der Waals surface area contributed by atoms with Crippen molar-refractivity contribution in [1.29, 1.82) is 0 Å². The van der Waals surface area contributed by atoms with Crippen molar-refractivity contribution in [3.63, 3.8) is 0 Å². The van der Waals surface area contributed by atoms with Gasteiger partial charge in [0.2, 0.25) is 5.78 Å². The number of carbonyl (C=O) groups is 1. The van der Waals surface area contributed by atoms with Crippen LogP contribution in [0.25, 0.3) is 0 Å². The highest BCUT2D eigenvalue weighted by Gasteiger charge is 2.30. The summed E-state index contributed by atoms with van der Waals surface area (Å²) in [6, 6.07) is 6.51. The quantitative estimate of drug-likeness (QED) is 0.803. The first-order chi connectivity index (χ1) is 7.59. The van der Waals surface area contributed by atoms with Gasteiger partial charge in [0.25, 0.3) is 0 Å². The van der Waals surface area contributed by atoms with Gasteiger partial charge in [-0.3, -0.25) is 4.79 Å². The Morgan fingerprint density at radius 1 is 1.31 bits per heavy atom. The Morgan fingerprint density at radius 2 is 2.00 bits per heavy atom. The van der Waals surface area contributed by atoms with Gasteiger partial charge >= 0.3 is 0 Å². The van der Waals surface area contributed by atoms with E-state index in [-0.39, 0.29) is 18.0 Å². The summed E-state index contributed by atoms with van der Waals surface area (Å²) in [7, 11) is 0. The molecule has 1 N–H and O–H groups in total. The summed E-state index contributed by atoms with van der Waals surface area (Å²) in [6.07, 6.45) is 2.81. The second kappa shape index (κ2) is 3.98. The first kappa shape index (κ1) is 10.7. The highest BCUT2D eigenvalue weighted by Crippen LogP contribution is 2.26. The topological polar surface area (TPSA) is 63.6 Å². The lowest BCUT2D eigenvalue weighted by Crippen LogP contribution is -2.24. The van der Waals surface area contributed by atoms with Crippen LogP contribution in [0.2, 0.25) is 0 Å². The Hall–Kier alpha value is -1.81. The number of hydrogen-bond acceptors (Lipinski definition) is 4. The molecule has 0 aliphatic rings. The molecule has 2 aromatic rings. The lowest BCUT2D eigenvalue weighted by atomic mass is 9.96. The molecule has 0 aliphatic carbocycles. The van der Waals surface area contributed by atoms with Gasteiger partial charge in [0, 0.05) is 0 Å². The van der Waals surface area contributed by atoms with Gasteiger partial charge in [-0.05, 0) is 31.2 Å². The van der Waals surface area contributed by atoms with Crippen molar-refractivity contribution in [3.05, 3.63) is 48.3 Å². The van der Waals surface area contributed by atoms with Crippen LogP contribution in [0.4, 0.5) is 0 Å². The molecule has 4 heteroatoms. The summed E-state index contributed by atoms with van der Waals surface area (Å²) in [5, 5.41) is 10.1. The van der Waals surface area contributed by atoms with Crippen molar-refractivity contribution in [1.82, 2.24) is 0 Å². The maximum atomic E-state index is 11.7. The standard InChI is InChI=1S/C12H12O4/c1-12(14,11-5-3-7-16-11)8-9(13)10-4-2-6-15-10/h2-7,14H,8H2,1H3. The van der Waals surface area contributed by atoms with Gasteiger partial charge in [0.15, 0.2) is 5.76 Å². The minimum atomic E-state index is -1.31. The minimum Gasteiger partial charge on any atom is -0.466 e. The van der Waals surface area contributed by atoms with Gasteiger partial charge in [0.1, 0.15) is 11.4 Å². The van der Waals surface area contributed by atoms with Gasteiger partial charge in [-0.1, -0.05) is 0 Å². The van der Waals surface area contributed by atoms with E-state index in [0.29, 0.717) is 5.76 Å². The van der Waals surface area contributed by atoms with E-state index >= 15 is 0 Å². The number of Topliss-reactive ketones (excluding diaryl/α,β-unsaturated/α-hetero) is 1. The first-order valence-electron chi connectivity index (χ1n) is 4.93. The molecular weight excluding hydrogens is 208 g/mol. The van der Waals surface area contributed by atoms with E-state index in [1.165, 1.54) is 19.5 Å². The molecule has 0 saturated heterocycles. The average molecular weight is 220 g/mol. The van der Waals surface area contributed by atoms with E-state index in [4.69, 9.17) is 8.83 Å². The maximum Gasteiger partial charge on any atom is 0.201 e. The number of hydrogen-bond donors (Lipinski definition) is 1. The van der Waals surface area contributed by atoms with Crippen LogP contribution in [0, 0.1) is 0 Å². The van der Waals surface area contributed by atoms with Crippen molar-refractivity contribution in [2.45, 2.75) is 18.9 Å². The fourth-order valence-corrected chi connectivity index (χ4v) is 1.51. The average Bonchev–Trinajstić information content (AvgIpc) is 2.91. The molecule has 0 amide bonds. The zero-order valence-electron chi connectivity index (χ0n) is 8.84. The normalized spacial score (nSPS) is 14.6. The summed E-state index contributed by atoms with van der Waals surface area (Å²) in [5.41, 5.74) is -1.31. The van der Waals surface area contributed by atoms with Crippen LogP contribution < -0.4 is 0 Å². The lowest BCUT2D eigenvalue weighted by Gasteiger charge is -2.18. The van der Waals surface area contributed by atoms with Gasteiger partial charge in [0.05, 0.1) is 18.9 Å². The third kappa shape index (κ3) is 2.06. The highest BCUT2D eigenvalue weighted by molar-refractivity contribution is 5.94. The number of furan rings is 2. The number of aliphatic hydroxyl groups is 1. The number of carbonyl (C=O) groups excluding carboxylic acids is 1. The zero-order valence-corrected chi connectivity index (χ0v) is 8.84. The van der Waals surface area contributed by atoms with E-state index in [0.717, 1.165) is 0 Å². The third-order valence-electron chi connectivity index (χ3n) is 2.35. The highest BCUT2D eigenvalue weighted by atomic mass is 16.4. The van der Waals surface area contributed by atoms with Gasteiger partial charge < -0.3 is 13.9 Å². The van der Waals surface area contributed by atoms with E-state index in [2.05, 4.69) is 0 Å². The fraction of sp³-hybridized carbons (Fsp3) is 0.250. The van der Waals surface area contributed by atoms with E-state index in [9.17, 15) is 9.90 Å². The van der Waals surface area contributed by atoms with Crippen molar-refractivity contribution >= 4 is 5.78 Å². The predicted molar refractivity (Wildman–Crippen MR) is 55.9 cm³/mol. The smallest absolute Gasteiger partial charge is 0.201 e. The molecule has 0 spiro atoms. The molecule has 0 fully saturated rings. The maximum absolute atomic E-state index is 11.7. The van der Waals surface area contributed by atoms with Crippen molar-refractivity contribution < 1.29 is 18.7 Å². The molecular formula is C12H12O4. The summed E-state index contributed by atoms with van der Waals surface area (Å²) < 4.78 is 10.1. The molecule has 0 radical (unpaired) electrons. The summed E-state index contributed by atoms with van der Waals surface area (Å²) in [6.45, 7) is 1.53. The number of ketones is 1. The predicted octanol–water partition coefficient (Wildman–Crippen LogP) is 2.35. The second-order valence-corrected chi connectivity index (χ2v) is 3.83. The summed E-state index contributed by atoms with van der Waals surface area (Å²) in [5.74, 6) is 0.352. The first-order valence-corrected chi connectivity index (χ1v) is 4.93. The lowest BCUT2D eigenvalue weighted by molar-refractivity contribution is 0.0246. The molecule has 2 rings (SSSR count). The Kier molecular flexibility index (Phi) is 2.66. The van der Waals surface area contributed by atoms with Crippen LogP contribution in [-0.2, 0) is 5.60 Å². The van der Waals surface area contributed by atoms with Crippen molar-refractivity contribution in [3.8, 4) is 0 Å². The number of rotatable bonds is 4. The summed E-state index contributed by atoms with van der Waals surface area (Å²) in [4.78, 5) is 11.7. The van der Waals surface area contributed by atoms with Crippen molar-refractivity contribution in [2.75, 3.05) is 0 Å². The monoisotopic (exact) mass is 220 g/mol. The molecule has 0 aromatic carbocycles. The molecule has 16 heavy (non-hydrogen) atoms. The zero-order chi connectivity index (χ0) is 11.6. The molecule has 1 atom stereocenters. The van der Waals surface area contributed by atoms with Crippen LogP contribution in [0.3, 0.4) is 0 Å². The van der Waals surface area contributed by atoms with Crippen LogP contribution in [0.1, 0.15) is 29.7 Å². The van der Waals surface area contributed by atoms with E-state index < -0.39 is 5.60 Å². The Balaban J connectivity index is 2.13. The molecule has 4 nitrogen and oxygen atoms in total. The third-order valence-corrected chi connectivity index (χ3v) is 2.35. The van der Waals surface area contributed by atoms with Crippen molar-refractivity contribution in [2.24, 2.45) is 0 Å². The molecule has 0 bridgehead atoms. The molecule has 2 aromatic heterocycles. The Morgan fingerprint density at radius 3 is 2.56 bits per heavy atom. The Labute approximate surface area is 92.5 Å². The second-order valence-electron chi connectivity index (χ2n) is 3.83. The van der Waals surface area contributed by atoms with Crippen LogP contribution in [-0.4, -0.2) is 10.9 Å². The van der Waals surface area contributed by atoms with E-state index in [1.54, 1.807) is 24.3 Å². The SMILES string of the molecule is CC(O)(CC(=O)c1ccco1)c1ccco1. The van der Waals surface area contributed by atoms with Crippen LogP contribution in [0.5, 0.6) is 0 Å². The Bertz CT molecular complexity index is 451. The van der Waals surface area contributed by atoms with Crippen LogP contribution >= 0.6 is 0 Å². The minimum absolute atomic E-state index is 0.0754. The fourth-order valence-electron chi connectivity index (χ4n) is 1.51. The largest absolute Gasteiger partial charge is 0.466 e. The van der Waals surface area contributed by atoms with Gasteiger partial charge in [-0.15, -0.1) is 0 Å². The molecule has 84 valence electrons.